The fraction of sp³-hybridized carbons (Fsp3) is 0. The standard InChI is InChI=1S/2CH2O3.Ca.Cu.HNO4/c2*2-1(3)4;;;2-1(3)5-4/h2*(H2,2,3,4);;;4H/q;;2*+2;/p-4. The van der Waals surface area contributed by atoms with E-state index in [0.717, 1.165) is 0 Å². The molecule has 15 heavy (non-hydrogen) atoms. The molecule has 0 aliphatic carbocycles. The van der Waals surface area contributed by atoms with Crippen molar-refractivity contribution in [3.05, 3.63) is 10.1 Å². The molecule has 0 unspecified atom stereocenters. The van der Waals surface area contributed by atoms with E-state index in [9.17, 15) is 0 Å². The zero-order valence-corrected chi connectivity index (χ0v) is 9.73. The molecule has 0 rings (SSSR count). The van der Waals surface area contributed by atoms with Gasteiger partial charge in [0.05, 0.1) is 0 Å². The molecule has 0 aliphatic rings. The number of rotatable bonds is 1. The minimum atomic E-state index is -2.33. The normalized spacial score (nSPS) is 5.40. The number of nitrogens with zero attached hydrogens (tertiary/aromatic N) is 1. The summed E-state index contributed by atoms with van der Waals surface area (Å²) in [6.45, 7) is 0. The molecule has 0 amide bonds. The van der Waals surface area contributed by atoms with Crippen LogP contribution in [0.3, 0.4) is 0 Å². The Morgan fingerprint density at radius 3 is 1.13 bits per heavy atom. The van der Waals surface area contributed by atoms with Gasteiger partial charge in [0, 0.05) is 0 Å². The van der Waals surface area contributed by atoms with Gasteiger partial charge in [-0.25, -0.2) is 5.26 Å². The fourth-order valence-electron chi connectivity index (χ4n) is 0. The number of carboxylic acid groups (broad SMARTS) is 4. The second kappa shape index (κ2) is 23.4. The summed E-state index contributed by atoms with van der Waals surface area (Å²) >= 11 is 0. The Hall–Kier alpha value is -0.521. The first-order valence-electron chi connectivity index (χ1n) is 1.96. The smallest absolute Gasteiger partial charge is 0.652 e. The van der Waals surface area contributed by atoms with E-state index < -0.39 is 17.4 Å². The van der Waals surface area contributed by atoms with Crippen LogP contribution in [0.4, 0.5) is 9.59 Å². The number of hydrogen-bond donors (Lipinski definition) is 1. The van der Waals surface area contributed by atoms with Gasteiger partial charge < -0.3 is 30.0 Å². The van der Waals surface area contributed by atoms with Crippen LogP contribution in [0.2, 0.25) is 0 Å². The minimum Gasteiger partial charge on any atom is -0.652 e. The third-order valence-electron chi connectivity index (χ3n) is 0.0667. The van der Waals surface area contributed by atoms with Crippen LogP contribution in [0.25, 0.3) is 0 Å². The molecule has 0 atom stereocenters. The molecule has 0 bridgehead atoms. The molecule has 0 fully saturated rings. The van der Waals surface area contributed by atoms with Crippen molar-refractivity contribution in [2.75, 3.05) is 0 Å². The van der Waals surface area contributed by atoms with Gasteiger partial charge >= 0.3 is 59.9 Å². The van der Waals surface area contributed by atoms with E-state index in [2.05, 4.69) is 4.99 Å². The molecule has 0 saturated heterocycles. The molecule has 1 N–H and O–H groups in total. The first kappa shape index (κ1) is 29.3. The summed E-state index contributed by atoms with van der Waals surface area (Å²) in [6.07, 6.45) is -4.67. The van der Waals surface area contributed by atoms with Crippen molar-refractivity contribution in [1.29, 1.82) is 0 Å². The Bertz CT molecular complexity index is 153. The molecule has 0 aromatic heterocycles. The first-order valence-corrected chi connectivity index (χ1v) is 1.96. The van der Waals surface area contributed by atoms with Crippen molar-refractivity contribution in [2.24, 2.45) is 0 Å². The molecule has 1 radical (unpaired) electrons. The van der Waals surface area contributed by atoms with Crippen LogP contribution in [0.1, 0.15) is 0 Å². The van der Waals surface area contributed by atoms with Crippen LogP contribution in [-0.2, 0) is 22.1 Å². The van der Waals surface area contributed by atoms with E-state index in [1.807, 2.05) is 0 Å². The van der Waals surface area contributed by atoms with E-state index in [1.54, 1.807) is 0 Å². The molecule has 0 heterocycles. The predicted octanol–water partition coefficient (Wildman–Crippen LogP) is -5.61. The predicted molar refractivity (Wildman–Crippen MR) is 27.3 cm³/mol. The van der Waals surface area contributed by atoms with Crippen molar-refractivity contribution in [2.45, 2.75) is 0 Å². The van der Waals surface area contributed by atoms with Crippen molar-refractivity contribution in [1.82, 2.24) is 0 Å². The second-order valence-electron chi connectivity index (χ2n) is 0.805. The van der Waals surface area contributed by atoms with Crippen molar-refractivity contribution >= 4 is 50.0 Å². The van der Waals surface area contributed by atoms with Crippen LogP contribution >= 0.6 is 0 Å². The molecule has 0 aromatic rings. The molecular weight excluding hydrogens is 302 g/mol. The Labute approximate surface area is 122 Å². The molecule has 13 heteroatoms. The van der Waals surface area contributed by atoms with Gasteiger partial charge in [-0.15, -0.1) is 15.1 Å². The summed E-state index contributed by atoms with van der Waals surface area (Å²) in [6, 6.07) is 0. The number of carbonyl (C=O) groups is 2. The SMILES string of the molecule is O=C([O-])[O-].O=C([O-])[O-].O=[N+]([O-])OO.[Ca+2].[Cu+2]. The van der Waals surface area contributed by atoms with E-state index in [0.29, 0.717) is 0 Å². The zero-order valence-electron chi connectivity index (χ0n) is 6.58. The van der Waals surface area contributed by atoms with E-state index in [1.165, 1.54) is 0 Å². The summed E-state index contributed by atoms with van der Waals surface area (Å²) < 4.78 is 0. The number of carbonyl (C=O) groups excluding carboxylic acids is 2. The molecular formula is C2HCaCuNO10. The van der Waals surface area contributed by atoms with E-state index >= 15 is 0 Å². The van der Waals surface area contributed by atoms with Crippen LogP contribution in [0, 0.1) is 10.1 Å². The van der Waals surface area contributed by atoms with Crippen LogP contribution < -0.4 is 20.4 Å². The summed E-state index contributed by atoms with van der Waals surface area (Å²) in [4.78, 5) is 27.8. The average Bonchev–Trinajstić information content (AvgIpc) is 1.84. The summed E-state index contributed by atoms with van der Waals surface area (Å²) in [5.41, 5.74) is 0. The van der Waals surface area contributed by atoms with Crippen molar-refractivity contribution < 1.29 is 62.4 Å². The minimum absolute atomic E-state index is 0. The quantitative estimate of drug-likeness (QED) is 0.210. The largest absolute Gasteiger partial charge is 2.00 e. The fourth-order valence-corrected chi connectivity index (χ4v) is 0. The molecule has 0 saturated carbocycles. The Balaban J connectivity index is -0.0000000315. The van der Waals surface area contributed by atoms with Gasteiger partial charge in [0.2, 0.25) is 0 Å². The summed E-state index contributed by atoms with van der Waals surface area (Å²) in [5, 5.41) is 47.7. The summed E-state index contributed by atoms with van der Waals surface area (Å²) in [5.74, 6) is 0. The molecule has 11 nitrogen and oxygen atoms in total. The van der Waals surface area contributed by atoms with Gasteiger partial charge in [-0.2, -0.15) is 0 Å². The monoisotopic (exact) mass is 302 g/mol. The average molecular weight is 303 g/mol. The third kappa shape index (κ3) is 812. The van der Waals surface area contributed by atoms with Gasteiger partial charge in [-0.3, -0.25) is 0 Å². The molecule has 0 aliphatic heterocycles. The van der Waals surface area contributed by atoms with Gasteiger partial charge in [-0.1, -0.05) is 0 Å². The maximum Gasteiger partial charge on any atom is 2.00 e. The Morgan fingerprint density at radius 1 is 1.07 bits per heavy atom. The third-order valence-corrected chi connectivity index (χ3v) is 0.0667. The van der Waals surface area contributed by atoms with E-state index in [-0.39, 0.29) is 54.8 Å². The van der Waals surface area contributed by atoms with Gasteiger partial charge in [0.1, 0.15) is 0 Å². The Morgan fingerprint density at radius 2 is 1.13 bits per heavy atom. The molecule has 0 aromatic carbocycles. The number of hydrogen-bond acceptors (Lipinski definition) is 10. The van der Waals surface area contributed by atoms with Crippen LogP contribution in [0.5, 0.6) is 0 Å². The Kier molecular flexibility index (Phi) is 45.6. The van der Waals surface area contributed by atoms with Gasteiger partial charge in [0.25, 0.3) is 0 Å². The second-order valence-corrected chi connectivity index (χ2v) is 0.805. The first-order chi connectivity index (χ1) is 5.73. The molecule has 0 spiro atoms. The maximum absolute atomic E-state index is 8.70. The van der Waals surface area contributed by atoms with Gasteiger partial charge in [-0.05, 0) is 12.3 Å². The topological polar surface area (TPSA) is 199 Å². The summed E-state index contributed by atoms with van der Waals surface area (Å²) in [7, 11) is 0. The van der Waals surface area contributed by atoms with Gasteiger partial charge in [0.15, 0.2) is 0 Å². The molecule has 87 valence electrons. The van der Waals surface area contributed by atoms with Crippen molar-refractivity contribution in [3.63, 3.8) is 0 Å². The van der Waals surface area contributed by atoms with Crippen LogP contribution in [-0.4, -0.2) is 60.4 Å². The van der Waals surface area contributed by atoms with E-state index in [4.69, 9.17) is 45.4 Å². The maximum atomic E-state index is 8.70. The van der Waals surface area contributed by atoms with Crippen molar-refractivity contribution in [3.8, 4) is 0 Å². The zero-order chi connectivity index (χ0) is 11.4. The van der Waals surface area contributed by atoms with Crippen LogP contribution in [0.15, 0.2) is 0 Å².